The highest BCUT2D eigenvalue weighted by Gasteiger charge is 2.01. The van der Waals surface area contributed by atoms with Gasteiger partial charge in [0.05, 0.1) is 13.1 Å². The summed E-state index contributed by atoms with van der Waals surface area (Å²) in [5.74, 6) is 1.70. The van der Waals surface area contributed by atoms with Crippen molar-refractivity contribution in [1.82, 2.24) is 15.6 Å². The Morgan fingerprint density at radius 3 is 2.54 bits per heavy atom. The molecule has 0 fully saturated rings. The van der Waals surface area contributed by atoms with Gasteiger partial charge in [-0.05, 0) is 51.0 Å². The quantitative estimate of drug-likeness (QED) is 0.459. The number of nitrogens with one attached hydrogen (secondary N) is 2. The molecule has 0 saturated heterocycles. The lowest BCUT2D eigenvalue weighted by atomic mass is 10.1. The molecule has 2 rings (SSSR count). The number of aliphatic imine (C=N–C) groups is 1. The van der Waals surface area contributed by atoms with E-state index in [1.54, 1.807) is 11.3 Å². The van der Waals surface area contributed by atoms with Gasteiger partial charge in [0.1, 0.15) is 17.4 Å². The van der Waals surface area contributed by atoms with E-state index in [1.807, 2.05) is 6.20 Å². The molecule has 0 aliphatic carbocycles. The number of benzene rings is 1. The van der Waals surface area contributed by atoms with E-state index in [-0.39, 0.29) is 0 Å². The fourth-order valence-electron chi connectivity index (χ4n) is 2.32. The van der Waals surface area contributed by atoms with Crippen LogP contribution in [0.15, 0.2) is 29.4 Å². The zero-order valence-electron chi connectivity index (χ0n) is 14.8. The Morgan fingerprint density at radius 2 is 1.92 bits per heavy atom. The minimum atomic E-state index is 0.587. The molecule has 6 heteroatoms. The van der Waals surface area contributed by atoms with Gasteiger partial charge in [-0.15, -0.1) is 11.3 Å². The Morgan fingerprint density at radius 1 is 1.17 bits per heavy atom. The summed E-state index contributed by atoms with van der Waals surface area (Å²) in [7, 11) is 0. The lowest BCUT2D eigenvalue weighted by Gasteiger charge is -2.12. The van der Waals surface area contributed by atoms with E-state index in [0.717, 1.165) is 23.3 Å². The van der Waals surface area contributed by atoms with Crippen molar-refractivity contribution in [1.29, 1.82) is 0 Å². The molecular formula is C18H26N4OS. The van der Waals surface area contributed by atoms with Gasteiger partial charge >= 0.3 is 0 Å². The summed E-state index contributed by atoms with van der Waals surface area (Å²) in [5.41, 5.74) is 2.43. The zero-order chi connectivity index (χ0) is 17.4. The molecule has 0 unspecified atom stereocenters. The lowest BCUT2D eigenvalue weighted by molar-refractivity contribution is 0.321. The Kier molecular flexibility index (Phi) is 7.06. The fraction of sp³-hybridized carbons (Fsp3) is 0.444. The minimum absolute atomic E-state index is 0.587. The monoisotopic (exact) mass is 346 g/mol. The zero-order valence-corrected chi connectivity index (χ0v) is 15.7. The van der Waals surface area contributed by atoms with Gasteiger partial charge < -0.3 is 15.4 Å². The normalized spacial score (nSPS) is 11.4. The van der Waals surface area contributed by atoms with Crippen LogP contribution in [0.2, 0.25) is 0 Å². The van der Waals surface area contributed by atoms with Crippen molar-refractivity contribution in [3.8, 4) is 5.75 Å². The van der Waals surface area contributed by atoms with E-state index >= 15 is 0 Å². The number of thiazole rings is 1. The SMILES string of the molecule is CCNC(=NCc1ncc(C)s1)NCCOc1cc(C)cc(C)c1. The van der Waals surface area contributed by atoms with Crippen molar-refractivity contribution in [3.05, 3.63) is 45.4 Å². The summed E-state index contributed by atoms with van der Waals surface area (Å²) in [6.07, 6.45) is 1.88. The van der Waals surface area contributed by atoms with E-state index in [1.165, 1.54) is 16.0 Å². The van der Waals surface area contributed by atoms with Gasteiger partial charge in [-0.2, -0.15) is 0 Å². The highest BCUT2D eigenvalue weighted by molar-refractivity contribution is 7.11. The van der Waals surface area contributed by atoms with E-state index in [0.29, 0.717) is 19.7 Å². The third kappa shape index (κ3) is 6.20. The van der Waals surface area contributed by atoms with Crippen molar-refractivity contribution in [2.75, 3.05) is 19.7 Å². The lowest BCUT2D eigenvalue weighted by Crippen LogP contribution is -2.39. The molecule has 24 heavy (non-hydrogen) atoms. The molecule has 130 valence electrons. The maximum absolute atomic E-state index is 5.81. The van der Waals surface area contributed by atoms with Crippen LogP contribution in [-0.4, -0.2) is 30.6 Å². The number of aryl methyl sites for hydroxylation is 3. The summed E-state index contributed by atoms with van der Waals surface area (Å²) >= 11 is 1.68. The van der Waals surface area contributed by atoms with Crippen LogP contribution in [0, 0.1) is 20.8 Å². The molecule has 0 aliphatic rings. The van der Waals surface area contributed by atoms with E-state index < -0.39 is 0 Å². The summed E-state index contributed by atoms with van der Waals surface area (Å²) in [4.78, 5) is 10.1. The Balaban J connectivity index is 1.80. The number of hydrogen-bond donors (Lipinski definition) is 2. The molecule has 0 radical (unpaired) electrons. The number of guanidine groups is 1. The molecule has 2 N–H and O–H groups in total. The number of aromatic nitrogens is 1. The van der Waals surface area contributed by atoms with Crippen LogP contribution in [0.1, 0.15) is 27.9 Å². The predicted molar refractivity (Wildman–Crippen MR) is 101 cm³/mol. The van der Waals surface area contributed by atoms with Crippen molar-refractivity contribution in [2.24, 2.45) is 4.99 Å². The average molecular weight is 347 g/mol. The molecule has 0 saturated carbocycles. The first kappa shape index (κ1) is 18.3. The van der Waals surface area contributed by atoms with Gasteiger partial charge in [0.2, 0.25) is 0 Å². The maximum atomic E-state index is 5.81. The molecular weight excluding hydrogens is 320 g/mol. The second-order valence-electron chi connectivity index (χ2n) is 5.66. The van der Waals surface area contributed by atoms with Crippen LogP contribution >= 0.6 is 11.3 Å². The van der Waals surface area contributed by atoms with Crippen LogP contribution in [-0.2, 0) is 6.54 Å². The standard InChI is InChI=1S/C18H26N4OS/c1-5-19-18(22-12-17-21-11-15(4)24-17)20-6-7-23-16-9-13(2)8-14(3)10-16/h8-11H,5-7,12H2,1-4H3,(H2,19,20,22). The van der Waals surface area contributed by atoms with Crippen molar-refractivity contribution >= 4 is 17.3 Å². The Hall–Kier alpha value is -2.08. The molecule has 1 aromatic carbocycles. The predicted octanol–water partition coefficient (Wildman–Crippen LogP) is 3.20. The first-order chi connectivity index (χ1) is 11.6. The summed E-state index contributed by atoms with van der Waals surface area (Å²) in [5, 5.41) is 7.55. The van der Waals surface area contributed by atoms with Crippen LogP contribution < -0.4 is 15.4 Å². The van der Waals surface area contributed by atoms with Crippen molar-refractivity contribution in [2.45, 2.75) is 34.2 Å². The topological polar surface area (TPSA) is 58.5 Å². The molecule has 2 aromatic rings. The van der Waals surface area contributed by atoms with Crippen LogP contribution in [0.4, 0.5) is 0 Å². The molecule has 5 nitrogen and oxygen atoms in total. The fourth-order valence-corrected chi connectivity index (χ4v) is 3.03. The van der Waals surface area contributed by atoms with Gasteiger partial charge in [0.15, 0.2) is 5.96 Å². The maximum Gasteiger partial charge on any atom is 0.191 e. The van der Waals surface area contributed by atoms with E-state index in [2.05, 4.69) is 66.5 Å². The molecule has 0 bridgehead atoms. The summed E-state index contributed by atoms with van der Waals surface area (Å²) in [6, 6.07) is 6.25. The first-order valence-corrected chi connectivity index (χ1v) is 9.03. The molecule has 1 aromatic heterocycles. The highest BCUT2D eigenvalue weighted by atomic mass is 32.1. The van der Waals surface area contributed by atoms with Crippen LogP contribution in [0.3, 0.4) is 0 Å². The smallest absolute Gasteiger partial charge is 0.191 e. The summed E-state index contributed by atoms with van der Waals surface area (Å²) in [6.45, 7) is 10.9. The van der Waals surface area contributed by atoms with Gasteiger partial charge in [-0.1, -0.05) is 6.07 Å². The van der Waals surface area contributed by atoms with Crippen molar-refractivity contribution < 1.29 is 4.74 Å². The van der Waals surface area contributed by atoms with Gasteiger partial charge in [0, 0.05) is 17.6 Å². The van der Waals surface area contributed by atoms with Gasteiger partial charge in [0.25, 0.3) is 0 Å². The molecule has 0 aliphatic heterocycles. The van der Waals surface area contributed by atoms with Gasteiger partial charge in [-0.3, -0.25) is 0 Å². The third-order valence-electron chi connectivity index (χ3n) is 3.24. The molecule has 1 heterocycles. The average Bonchev–Trinajstić information content (AvgIpc) is 2.93. The number of ether oxygens (including phenoxy) is 1. The Bertz CT molecular complexity index is 661. The Labute approximate surface area is 148 Å². The third-order valence-corrected chi connectivity index (χ3v) is 4.14. The molecule has 0 spiro atoms. The van der Waals surface area contributed by atoms with Crippen LogP contribution in [0.25, 0.3) is 0 Å². The highest BCUT2D eigenvalue weighted by Crippen LogP contribution is 2.15. The number of hydrogen-bond acceptors (Lipinski definition) is 4. The second-order valence-corrected chi connectivity index (χ2v) is 6.98. The van der Waals surface area contributed by atoms with Gasteiger partial charge in [-0.25, -0.2) is 9.98 Å². The summed E-state index contributed by atoms with van der Waals surface area (Å²) < 4.78 is 5.81. The molecule has 0 atom stereocenters. The first-order valence-electron chi connectivity index (χ1n) is 8.21. The number of nitrogens with zero attached hydrogens (tertiary/aromatic N) is 2. The van der Waals surface area contributed by atoms with E-state index in [9.17, 15) is 0 Å². The minimum Gasteiger partial charge on any atom is -0.492 e. The molecule has 0 amide bonds. The second kappa shape index (κ2) is 9.27. The van der Waals surface area contributed by atoms with Crippen LogP contribution in [0.5, 0.6) is 5.75 Å². The number of rotatable bonds is 7. The largest absolute Gasteiger partial charge is 0.492 e. The van der Waals surface area contributed by atoms with Crippen molar-refractivity contribution in [3.63, 3.8) is 0 Å². The van der Waals surface area contributed by atoms with E-state index in [4.69, 9.17) is 4.74 Å².